The van der Waals surface area contributed by atoms with Crippen LogP contribution in [0.4, 0.5) is 0 Å². The number of nitriles is 1. The highest BCUT2D eigenvalue weighted by molar-refractivity contribution is 7.89. The van der Waals surface area contributed by atoms with E-state index in [0.717, 1.165) is 16.7 Å². The highest BCUT2D eigenvalue weighted by atomic mass is 32.2. The summed E-state index contributed by atoms with van der Waals surface area (Å²) in [5.74, 6) is 0. The van der Waals surface area contributed by atoms with E-state index < -0.39 is 16.1 Å². The summed E-state index contributed by atoms with van der Waals surface area (Å²) < 4.78 is 27.5. The van der Waals surface area contributed by atoms with Gasteiger partial charge in [-0.3, -0.25) is 0 Å². The summed E-state index contributed by atoms with van der Waals surface area (Å²) in [5.41, 5.74) is 2.86. The summed E-state index contributed by atoms with van der Waals surface area (Å²) in [5, 5.41) is 8.97. The molecule has 114 valence electrons. The lowest BCUT2D eigenvalue weighted by Crippen LogP contribution is -2.28. The Morgan fingerprint density at radius 3 is 2.00 bits per heavy atom. The van der Waals surface area contributed by atoms with Gasteiger partial charge in [-0.1, -0.05) is 47.5 Å². The monoisotopic (exact) mass is 314 g/mol. The fourth-order valence-corrected chi connectivity index (χ4v) is 3.31. The first-order valence-corrected chi connectivity index (χ1v) is 8.43. The van der Waals surface area contributed by atoms with Gasteiger partial charge in [0, 0.05) is 0 Å². The first kappa shape index (κ1) is 16.2. The Kier molecular flexibility index (Phi) is 4.96. The summed E-state index contributed by atoms with van der Waals surface area (Å²) in [6.45, 7) is 3.86. The maximum atomic E-state index is 12.4. The van der Waals surface area contributed by atoms with Crippen LogP contribution in [0.5, 0.6) is 0 Å². The SMILES string of the molecule is Cc1ccc(C(CC#N)NS(=O)(=O)c2ccc(C)cc2)cc1. The molecule has 1 unspecified atom stereocenters. The molecule has 1 atom stereocenters. The van der Waals surface area contributed by atoms with Crippen LogP contribution in [0.25, 0.3) is 0 Å². The smallest absolute Gasteiger partial charge is 0.207 e. The minimum absolute atomic E-state index is 0.0775. The van der Waals surface area contributed by atoms with E-state index in [1.807, 2.05) is 44.2 Å². The summed E-state index contributed by atoms with van der Waals surface area (Å²) >= 11 is 0. The van der Waals surface area contributed by atoms with Crippen LogP contribution < -0.4 is 4.72 Å². The Morgan fingerprint density at radius 2 is 1.50 bits per heavy atom. The summed E-state index contributed by atoms with van der Waals surface area (Å²) in [6.07, 6.45) is 0.0775. The van der Waals surface area contributed by atoms with Crippen molar-refractivity contribution in [3.63, 3.8) is 0 Å². The van der Waals surface area contributed by atoms with E-state index in [1.54, 1.807) is 24.3 Å². The summed E-state index contributed by atoms with van der Waals surface area (Å²) in [4.78, 5) is 0.202. The lowest BCUT2D eigenvalue weighted by Gasteiger charge is -2.17. The zero-order valence-electron chi connectivity index (χ0n) is 12.6. The lowest BCUT2D eigenvalue weighted by atomic mass is 10.0. The lowest BCUT2D eigenvalue weighted by molar-refractivity contribution is 0.559. The number of hydrogen-bond acceptors (Lipinski definition) is 3. The van der Waals surface area contributed by atoms with Crippen LogP contribution in [-0.2, 0) is 10.0 Å². The fourth-order valence-electron chi connectivity index (χ4n) is 2.09. The summed E-state index contributed by atoms with van der Waals surface area (Å²) in [6, 6.07) is 15.6. The topological polar surface area (TPSA) is 70.0 Å². The van der Waals surface area contributed by atoms with Gasteiger partial charge < -0.3 is 0 Å². The van der Waals surface area contributed by atoms with Gasteiger partial charge >= 0.3 is 0 Å². The second kappa shape index (κ2) is 6.73. The molecule has 0 aromatic heterocycles. The molecule has 0 amide bonds. The molecule has 5 heteroatoms. The molecule has 1 N–H and O–H groups in total. The molecule has 0 radical (unpaired) electrons. The van der Waals surface area contributed by atoms with Crippen molar-refractivity contribution in [2.24, 2.45) is 0 Å². The van der Waals surface area contributed by atoms with E-state index in [2.05, 4.69) is 4.72 Å². The fraction of sp³-hybridized carbons (Fsp3) is 0.235. The molecule has 2 rings (SSSR count). The molecule has 2 aromatic rings. The number of benzene rings is 2. The number of nitrogens with zero attached hydrogens (tertiary/aromatic N) is 1. The molecule has 0 aliphatic heterocycles. The summed E-state index contributed by atoms with van der Waals surface area (Å²) in [7, 11) is -3.66. The average Bonchev–Trinajstić information content (AvgIpc) is 2.48. The number of rotatable bonds is 5. The number of nitrogens with one attached hydrogen (secondary N) is 1. The first-order valence-electron chi connectivity index (χ1n) is 6.95. The molecular formula is C17H18N2O2S. The van der Waals surface area contributed by atoms with Crippen molar-refractivity contribution in [2.45, 2.75) is 31.2 Å². The second-order valence-electron chi connectivity index (χ2n) is 5.26. The van der Waals surface area contributed by atoms with Gasteiger partial charge in [-0.25, -0.2) is 13.1 Å². The van der Waals surface area contributed by atoms with Crippen molar-refractivity contribution in [3.05, 3.63) is 65.2 Å². The molecule has 0 fully saturated rings. The third-order valence-corrected chi connectivity index (χ3v) is 4.89. The van der Waals surface area contributed by atoms with E-state index in [9.17, 15) is 8.42 Å². The van der Waals surface area contributed by atoms with E-state index in [-0.39, 0.29) is 11.3 Å². The first-order chi connectivity index (χ1) is 10.4. The van der Waals surface area contributed by atoms with Crippen LogP contribution >= 0.6 is 0 Å². The largest absolute Gasteiger partial charge is 0.241 e. The Labute approximate surface area is 131 Å². The molecule has 0 aliphatic rings. The number of aryl methyl sites for hydroxylation is 2. The van der Waals surface area contributed by atoms with Gasteiger partial charge in [-0.15, -0.1) is 0 Å². The normalized spacial score (nSPS) is 12.6. The molecule has 22 heavy (non-hydrogen) atoms. The minimum Gasteiger partial charge on any atom is -0.207 e. The third-order valence-electron chi connectivity index (χ3n) is 3.40. The van der Waals surface area contributed by atoms with Crippen molar-refractivity contribution in [2.75, 3.05) is 0 Å². The van der Waals surface area contributed by atoms with Crippen LogP contribution in [0.3, 0.4) is 0 Å². The van der Waals surface area contributed by atoms with Crippen LogP contribution in [-0.4, -0.2) is 8.42 Å². The highest BCUT2D eigenvalue weighted by Crippen LogP contribution is 2.21. The zero-order valence-corrected chi connectivity index (χ0v) is 13.4. The van der Waals surface area contributed by atoms with Gasteiger partial charge in [0.2, 0.25) is 10.0 Å². The van der Waals surface area contributed by atoms with E-state index in [0.29, 0.717) is 0 Å². The Hall–Kier alpha value is -2.16. The zero-order chi connectivity index (χ0) is 16.2. The molecule has 4 nitrogen and oxygen atoms in total. The van der Waals surface area contributed by atoms with Gasteiger partial charge in [0.1, 0.15) is 0 Å². The quantitative estimate of drug-likeness (QED) is 0.921. The van der Waals surface area contributed by atoms with Crippen molar-refractivity contribution < 1.29 is 8.42 Å². The van der Waals surface area contributed by atoms with Crippen molar-refractivity contribution in [1.82, 2.24) is 4.72 Å². The van der Waals surface area contributed by atoms with Crippen molar-refractivity contribution >= 4 is 10.0 Å². The molecule has 0 bridgehead atoms. The Bertz CT molecular complexity index is 773. The van der Waals surface area contributed by atoms with Crippen LogP contribution in [0.1, 0.15) is 29.2 Å². The maximum absolute atomic E-state index is 12.4. The maximum Gasteiger partial charge on any atom is 0.241 e. The molecule has 2 aromatic carbocycles. The van der Waals surface area contributed by atoms with Gasteiger partial charge in [0.05, 0.1) is 23.4 Å². The van der Waals surface area contributed by atoms with Crippen molar-refractivity contribution in [3.8, 4) is 6.07 Å². The standard InChI is InChI=1S/C17H18N2O2S/c1-13-3-7-15(8-4-13)17(11-12-18)19-22(20,21)16-9-5-14(2)6-10-16/h3-10,17,19H,11H2,1-2H3. The van der Waals surface area contributed by atoms with Crippen LogP contribution in [0, 0.1) is 25.2 Å². The second-order valence-corrected chi connectivity index (χ2v) is 6.97. The van der Waals surface area contributed by atoms with Gasteiger partial charge in [0.15, 0.2) is 0 Å². The molecule has 0 spiro atoms. The number of sulfonamides is 1. The molecular weight excluding hydrogens is 296 g/mol. The molecule has 0 aliphatic carbocycles. The van der Waals surface area contributed by atoms with Gasteiger partial charge in [-0.2, -0.15) is 5.26 Å². The number of hydrogen-bond donors (Lipinski definition) is 1. The Morgan fingerprint density at radius 1 is 1.00 bits per heavy atom. The van der Waals surface area contributed by atoms with Gasteiger partial charge in [-0.05, 0) is 31.5 Å². The third kappa shape index (κ3) is 3.94. The predicted octanol–water partition coefficient (Wildman–Crippen LogP) is 3.24. The Balaban J connectivity index is 2.29. The predicted molar refractivity (Wildman–Crippen MR) is 85.7 cm³/mol. The average molecular weight is 314 g/mol. The van der Waals surface area contributed by atoms with E-state index >= 15 is 0 Å². The van der Waals surface area contributed by atoms with Crippen molar-refractivity contribution in [1.29, 1.82) is 5.26 Å². The highest BCUT2D eigenvalue weighted by Gasteiger charge is 2.21. The molecule has 0 saturated heterocycles. The van der Waals surface area contributed by atoms with E-state index in [1.165, 1.54) is 0 Å². The van der Waals surface area contributed by atoms with Crippen LogP contribution in [0.15, 0.2) is 53.4 Å². The molecule has 0 heterocycles. The van der Waals surface area contributed by atoms with Crippen LogP contribution in [0.2, 0.25) is 0 Å². The minimum atomic E-state index is -3.66. The molecule has 0 saturated carbocycles. The van der Waals surface area contributed by atoms with Gasteiger partial charge in [0.25, 0.3) is 0 Å². The van der Waals surface area contributed by atoms with E-state index in [4.69, 9.17) is 5.26 Å².